The van der Waals surface area contributed by atoms with Crippen LogP contribution in [-0.2, 0) is 14.3 Å². The minimum atomic E-state index is -0.489. The van der Waals surface area contributed by atoms with E-state index in [1.807, 2.05) is 18.2 Å². The zero-order valence-corrected chi connectivity index (χ0v) is 21.1. The van der Waals surface area contributed by atoms with E-state index in [0.717, 1.165) is 4.90 Å². The highest BCUT2D eigenvalue weighted by molar-refractivity contribution is 7.99. The number of carbonyl (C=O) groups excluding carboxylic acids is 3. The fourth-order valence-electron chi connectivity index (χ4n) is 3.00. The number of anilines is 1. The lowest BCUT2D eigenvalue weighted by Gasteiger charge is -2.12. The molecule has 3 aromatic carbocycles. The van der Waals surface area contributed by atoms with Crippen molar-refractivity contribution in [1.29, 1.82) is 0 Å². The maximum Gasteiger partial charge on any atom is 0.330 e. The van der Waals surface area contributed by atoms with E-state index in [4.69, 9.17) is 16.3 Å². The van der Waals surface area contributed by atoms with Gasteiger partial charge in [0.15, 0.2) is 0 Å². The zero-order valence-electron chi connectivity index (χ0n) is 19.6. The summed E-state index contributed by atoms with van der Waals surface area (Å²) in [5.41, 5.74) is 1.64. The molecule has 0 aliphatic heterocycles. The van der Waals surface area contributed by atoms with Crippen LogP contribution in [0, 0.1) is 0 Å². The Labute approximate surface area is 219 Å². The minimum absolute atomic E-state index is 0.0551. The van der Waals surface area contributed by atoms with E-state index in [0.29, 0.717) is 34.2 Å². The highest BCUT2D eigenvalue weighted by Crippen LogP contribution is 2.22. The fraction of sp³-hybridized carbons (Fsp3) is 0.107. The van der Waals surface area contributed by atoms with Crippen LogP contribution in [0.25, 0.3) is 6.08 Å². The second-order valence-electron chi connectivity index (χ2n) is 7.34. The van der Waals surface area contributed by atoms with Gasteiger partial charge in [-0.15, -0.1) is 11.8 Å². The third-order valence-corrected chi connectivity index (χ3v) is 6.04. The maximum absolute atomic E-state index is 13.1. The molecule has 0 unspecified atom stereocenters. The van der Waals surface area contributed by atoms with Crippen LogP contribution in [-0.4, -0.2) is 30.1 Å². The number of thioether (sulfide) groups is 1. The molecule has 0 aromatic heterocycles. The molecule has 2 N–H and O–H groups in total. The van der Waals surface area contributed by atoms with Crippen molar-refractivity contribution >= 4 is 52.9 Å². The Kier molecular flexibility index (Phi) is 10.4. The summed E-state index contributed by atoms with van der Waals surface area (Å²) in [5, 5.41) is 5.96. The van der Waals surface area contributed by atoms with Crippen LogP contribution in [0.15, 0.2) is 102 Å². The quantitative estimate of drug-likeness (QED) is 0.196. The van der Waals surface area contributed by atoms with Gasteiger partial charge < -0.3 is 15.4 Å². The van der Waals surface area contributed by atoms with Gasteiger partial charge in [-0.1, -0.05) is 54.1 Å². The second kappa shape index (κ2) is 13.9. The molecule has 0 aliphatic rings. The molecule has 0 saturated heterocycles. The lowest BCUT2D eigenvalue weighted by molar-refractivity contribution is -0.137. The number of rotatable bonds is 10. The summed E-state index contributed by atoms with van der Waals surface area (Å²) in [4.78, 5) is 38.2. The minimum Gasteiger partial charge on any atom is -0.463 e. The predicted molar refractivity (Wildman–Crippen MR) is 145 cm³/mol. The van der Waals surface area contributed by atoms with Crippen LogP contribution in [0.5, 0.6) is 0 Å². The number of nitrogens with one attached hydrogen (secondary N) is 2. The number of halogens is 1. The molecule has 0 atom stereocenters. The molecule has 36 heavy (non-hydrogen) atoms. The summed E-state index contributed by atoms with van der Waals surface area (Å²) >= 11 is 7.80. The molecule has 8 heteroatoms. The summed E-state index contributed by atoms with van der Waals surface area (Å²) in [6, 6.07) is 22.9. The van der Waals surface area contributed by atoms with Gasteiger partial charge in [0.2, 0.25) is 0 Å². The van der Waals surface area contributed by atoms with Gasteiger partial charge in [-0.05, 0) is 61.0 Å². The van der Waals surface area contributed by atoms with Gasteiger partial charge in [-0.25, -0.2) is 4.79 Å². The van der Waals surface area contributed by atoms with Crippen LogP contribution in [0.2, 0.25) is 5.02 Å². The van der Waals surface area contributed by atoms with Crippen molar-refractivity contribution in [2.45, 2.75) is 11.8 Å². The third kappa shape index (κ3) is 8.45. The van der Waals surface area contributed by atoms with Crippen molar-refractivity contribution in [3.8, 4) is 0 Å². The second-order valence-corrected chi connectivity index (χ2v) is 8.84. The van der Waals surface area contributed by atoms with E-state index in [9.17, 15) is 14.4 Å². The topological polar surface area (TPSA) is 84.5 Å². The Balaban J connectivity index is 1.70. The Hall–Kier alpha value is -3.81. The van der Waals surface area contributed by atoms with Crippen molar-refractivity contribution in [2.75, 3.05) is 17.7 Å². The van der Waals surface area contributed by atoms with Crippen LogP contribution in [0.1, 0.15) is 22.8 Å². The van der Waals surface area contributed by atoms with Crippen LogP contribution < -0.4 is 10.6 Å². The van der Waals surface area contributed by atoms with E-state index in [1.54, 1.807) is 79.7 Å². The Bertz CT molecular complexity index is 1260. The number of ether oxygens (including phenoxy) is 1. The van der Waals surface area contributed by atoms with Crippen molar-refractivity contribution in [3.63, 3.8) is 0 Å². The smallest absolute Gasteiger partial charge is 0.330 e. The summed E-state index contributed by atoms with van der Waals surface area (Å²) in [7, 11) is 0. The van der Waals surface area contributed by atoms with Gasteiger partial charge in [0.25, 0.3) is 11.8 Å². The largest absolute Gasteiger partial charge is 0.463 e. The molecule has 0 bridgehead atoms. The Morgan fingerprint density at radius 3 is 2.33 bits per heavy atom. The SMILES string of the molecule is CCOC(=O)/C=C/CSc1ccc(NC(=O)/C(=C/c2ccccc2Cl)NC(=O)c2ccccc2)cc1. The number of benzene rings is 3. The van der Waals surface area contributed by atoms with E-state index < -0.39 is 11.8 Å². The molecule has 3 rings (SSSR count). The number of carbonyl (C=O) groups is 3. The van der Waals surface area contributed by atoms with Gasteiger partial charge in [-0.2, -0.15) is 0 Å². The van der Waals surface area contributed by atoms with Gasteiger partial charge in [0.1, 0.15) is 5.70 Å². The lowest BCUT2D eigenvalue weighted by atomic mass is 10.1. The average Bonchev–Trinajstić information content (AvgIpc) is 2.89. The van der Waals surface area contributed by atoms with Crippen LogP contribution in [0.4, 0.5) is 5.69 Å². The third-order valence-electron chi connectivity index (χ3n) is 4.73. The Morgan fingerprint density at radius 2 is 1.64 bits per heavy atom. The molecule has 0 radical (unpaired) electrons. The van der Waals surface area contributed by atoms with E-state index in [1.165, 1.54) is 17.8 Å². The first-order chi connectivity index (χ1) is 17.5. The molecule has 0 spiro atoms. The van der Waals surface area contributed by atoms with Crippen LogP contribution >= 0.6 is 23.4 Å². The number of amides is 2. The monoisotopic (exact) mass is 520 g/mol. The summed E-state index contributed by atoms with van der Waals surface area (Å²) in [6.07, 6.45) is 4.68. The number of esters is 1. The lowest BCUT2D eigenvalue weighted by Crippen LogP contribution is -2.30. The van der Waals surface area contributed by atoms with E-state index >= 15 is 0 Å². The zero-order chi connectivity index (χ0) is 25.8. The van der Waals surface area contributed by atoms with Gasteiger partial charge in [0.05, 0.1) is 6.61 Å². The molecule has 6 nitrogen and oxygen atoms in total. The molecule has 184 valence electrons. The van der Waals surface area contributed by atoms with Crippen molar-refractivity contribution in [1.82, 2.24) is 5.32 Å². The average molecular weight is 521 g/mol. The summed E-state index contributed by atoms with van der Waals surface area (Å²) < 4.78 is 4.85. The van der Waals surface area contributed by atoms with Gasteiger partial charge >= 0.3 is 5.97 Å². The maximum atomic E-state index is 13.1. The van der Waals surface area contributed by atoms with Crippen molar-refractivity contribution in [3.05, 3.63) is 113 Å². The molecule has 0 heterocycles. The molecular weight excluding hydrogens is 496 g/mol. The van der Waals surface area contributed by atoms with E-state index in [-0.39, 0.29) is 11.7 Å². The standard InChI is InChI=1S/C28H25ClN2O4S/c1-2-35-26(32)13-8-18-36-23-16-14-22(15-17-23)30-28(34)25(19-21-11-6-7-12-24(21)29)31-27(33)20-9-4-3-5-10-20/h3-17,19H,2,18H2,1H3,(H,30,34)(H,31,33)/b13-8+,25-19-. The molecule has 0 fully saturated rings. The van der Waals surface area contributed by atoms with Gasteiger partial charge in [0, 0.05) is 33.0 Å². The summed E-state index contributed by atoms with van der Waals surface area (Å²) in [6.45, 7) is 2.10. The van der Waals surface area contributed by atoms with E-state index in [2.05, 4.69) is 10.6 Å². The molecule has 0 saturated carbocycles. The first kappa shape index (κ1) is 26.8. The molecule has 3 aromatic rings. The highest BCUT2D eigenvalue weighted by atomic mass is 35.5. The van der Waals surface area contributed by atoms with Crippen molar-refractivity contribution in [2.24, 2.45) is 0 Å². The first-order valence-corrected chi connectivity index (χ1v) is 12.5. The Morgan fingerprint density at radius 1 is 0.944 bits per heavy atom. The molecule has 0 aliphatic carbocycles. The fourth-order valence-corrected chi connectivity index (χ4v) is 3.91. The number of hydrogen-bond donors (Lipinski definition) is 2. The predicted octanol–water partition coefficient (Wildman–Crippen LogP) is 5.96. The molecule has 2 amide bonds. The van der Waals surface area contributed by atoms with Crippen LogP contribution in [0.3, 0.4) is 0 Å². The normalized spacial score (nSPS) is 11.2. The highest BCUT2D eigenvalue weighted by Gasteiger charge is 2.15. The molecular formula is C28H25ClN2O4S. The van der Waals surface area contributed by atoms with Crippen molar-refractivity contribution < 1.29 is 19.1 Å². The first-order valence-electron chi connectivity index (χ1n) is 11.2. The number of hydrogen-bond acceptors (Lipinski definition) is 5. The van der Waals surface area contributed by atoms with Gasteiger partial charge in [-0.3, -0.25) is 9.59 Å². The summed E-state index contributed by atoms with van der Waals surface area (Å²) in [5.74, 6) is -0.666.